The second-order valence-electron chi connectivity index (χ2n) is 7.57. The average molecular weight is 444 g/mol. The van der Waals surface area contributed by atoms with Crippen LogP contribution in [0.15, 0.2) is 30.6 Å². The van der Waals surface area contributed by atoms with Crippen molar-refractivity contribution in [1.82, 2.24) is 20.2 Å². The van der Waals surface area contributed by atoms with Gasteiger partial charge in [-0.2, -0.15) is 0 Å². The number of aryl methyl sites for hydroxylation is 1. The van der Waals surface area contributed by atoms with Crippen molar-refractivity contribution in [3.05, 3.63) is 51.6 Å². The molecule has 1 N–H and O–H groups in total. The predicted octanol–water partition coefficient (Wildman–Crippen LogP) is 4.12. The van der Waals surface area contributed by atoms with Gasteiger partial charge in [-0.25, -0.2) is 9.97 Å². The van der Waals surface area contributed by atoms with Crippen molar-refractivity contribution in [3.63, 3.8) is 0 Å². The zero-order valence-corrected chi connectivity index (χ0v) is 18.9. The Morgan fingerprint density at radius 1 is 1.23 bits per heavy atom. The minimum Gasteiger partial charge on any atom is -0.353 e. The quantitative estimate of drug-likeness (QED) is 0.621. The number of amides is 1. The number of nitrogens with one attached hydrogen (secondary N) is 1. The number of fused-ring (bicyclic) bond motifs is 1. The number of nitrogens with zero attached hydrogens (tertiary/aromatic N) is 4. The maximum atomic E-state index is 12.9. The standard InChI is InChI=1S/C22H26ClN5OS/c1-3-7-27-8-10-28(11-9-27)20-18-15(2)19(30-22(18)26-14-25-20)21(29)24-13-16-5-4-6-17(23)12-16/h4-6,12,14H,3,7-11,13H2,1-2H3,(H,24,29). The van der Waals surface area contributed by atoms with Crippen LogP contribution in [-0.2, 0) is 6.54 Å². The molecular formula is C22H26ClN5OS. The van der Waals surface area contributed by atoms with Gasteiger partial charge in [0, 0.05) is 37.7 Å². The lowest BCUT2D eigenvalue weighted by atomic mass is 10.1. The Balaban J connectivity index is 1.54. The predicted molar refractivity (Wildman–Crippen MR) is 124 cm³/mol. The van der Waals surface area contributed by atoms with Crippen molar-refractivity contribution >= 4 is 44.9 Å². The second-order valence-corrected chi connectivity index (χ2v) is 9.01. The SMILES string of the molecule is CCCN1CCN(c2ncnc3sc(C(=O)NCc4cccc(Cl)c4)c(C)c23)CC1. The van der Waals surface area contributed by atoms with E-state index < -0.39 is 0 Å². The van der Waals surface area contributed by atoms with Crippen LogP contribution in [0.1, 0.15) is 34.1 Å². The van der Waals surface area contributed by atoms with Crippen LogP contribution in [0.2, 0.25) is 5.02 Å². The van der Waals surface area contributed by atoms with Gasteiger partial charge in [0.05, 0.1) is 10.3 Å². The fraction of sp³-hybridized carbons (Fsp3) is 0.409. The number of halogens is 1. The number of piperazine rings is 1. The highest BCUT2D eigenvalue weighted by Crippen LogP contribution is 2.35. The first-order chi connectivity index (χ1) is 14.6. The van der Waals surface area contributed by atoms with E-state index in [2.05, 4.69) is 32.0 Å². The van der Waals surface area contributed by atoms with E-state index in [1.54, 1.807) is 6.33 Å². The number of rotatable bonds is 6. The van der Waals surface area contributed by atoms with Crippen LogP contribution in [0.5, 0.6) is 0 Å². The summed E-state index contributed by atoms with van der Waals surface area (Å²) >= 11 is 7.47. The first-order valence-electron chi connectivity index (χ1n) is 10.3. The molecule has 1 aromatic carbocycles. The van der Waals surface area contributed by atoms with Gasteiger partial charge in [0.1, 0.15) is 17.0 Å². The topological polar surface area (TPSA) is 61.4 Å². The van der Waals surface area contributed by atoms with Crippen LogP contribution < -0.4 is 10.2 Å². The summed E-state index contributed by atoms with van der Waals surface area (Å²) in [6, 6.07) is 7.52. The molecule has 0 saturated carbocycles. The molecule has 1 aliphatic heterocycles. The minimum absolute atomic E-state index is 0.0887. The van der Waals surface area contributed by atoms with Crippen LogP contribution in [0.25, 0.3) is 10.2 Å². The number of thiophene rings is 1. The molecule has 1 amide bonds. The van der Waals surface area contributed by atoms with Crippen molar-refractivity contribution in [2.75, 3.05) is 37.6 Å². The van der Waals surface area contributed by atoms with Gasteiger partial charge in [0.2, 0.25) is 0 Å². The highest BCUT2D eigenvalue weighted by atomic mass is 35.5. The van der Waals surface area contributed by atoms with E-state index in [9.17, 15) is 4.79 Å². The zero-order chi connectivity index (χ0) is 21.1. The summed E-state index contributed by atoms with van der Waals surface area (Å²) < 4.78 is 0. The Morgan fingerprint density at radius 2 is 2.03 bits per heavy atom. The van der Waals surface area contributed by atoms with Crippen molar-refractivity contribution < 1.29 is 4.79 Å². The van der Waals surface area contributed by atoms with Gasteiger partial charge in [0.25, 0.3) is 5.91 Å². The van der Waals surface area contributed by atoms with Gasteiger partial charge in [-0.1, -0.05) is 30.7 Å². The molecule has 6 nitrogen and oxygen atoms in total. The molecule has 4 rings (SSSR count). The number of hydrogen-bond donors (Lipinski definition) is 1. The minimum atomic E-state index is -0.0887. The monoisotopic (exact) mass is 443 g/mol. The van der Waals surface area contributed by atoms with Gasteiger partial charge in [-0.3, -0.25) is 9.69 Å². The molecule has 0 spiro atoms. The van der Waals surface area contributed by atoms with Crippen molar-refractivity contribution in [2.24, 2.45) is 0 Å². The van der Waals surface area contributed by atoms with E-state index >= 15 is 0 Å². The summed E-state index contributed by atoms with van der Waals surface area (Å²) in [5, 5.41) is 4.67. The fourth-order valence-electron chi connectivity index (χ4n) is 3.92. The lowest BCUT2D eigenvalue weighted by Crippen LogP contribution is -2.46. The Kier molecular flexibility index (Phi) is 6.51. The Morgan fingerprint density at radius 3 is 2.77 bits per heavy atom. The molecule has 0 aliphatic carbocycles. The third-order valence-corrected chi connectivity index (χ3v) is 6.90. The molecule has 0 bridgehead atoms. The summed E-state index contributed by atoms with van der Waals surface area (Å²) in [6.07, 6.45) is 2.79. The van der Waals surface area contributed by atoms with Crippen molar-refractivity contribution in [2.45, 2.75) is 26.8 Å². The molecule has 158 valence electrons. The van der Waals surface area contributed by atoms with Crippen LogP contribution in [0, 0.1) is 6.92 Å². The summed E-state index contributed by atoms with van der Waals surface area (Å²) in [5.41, 5.74) is 1.92. The van der Waals surface area contributed by atoms with E-state index in [1.165, 1.54) is 17.8 Å². The maximum Gasteiger partial charge on any atom is 0.261 e. The third-order valence-electron chi connectivity index (χ3n) is 5.47. The smallest absolute Gasteiger partial charge is 0.261 e. The molecule has 2 aromatic heterocycles. The van der Waals surface area contributed by atoms with E-state index in [0.717, 1.165) is 59.9 Å². The fourth-order valence-corrected chi connectivity index (χ4v) is 5.19. The van der Waals surface area contributed by atoms with E-state index in [-0.39, 0.29) is 5.91 Å². The number of anilines is 1. The molecule has 30 heavy (non-hydrogen) atoms. The van der Waals surface area contributed by atoms with E-state index in [0.29, 0.717) is 16.4 Å². The van der Waals surface area contributed by atoms with E-state index in [1.807, 2.05) is 31.2 Å². The first-order valence-corrected chi connectivity index (χ1v) is 11.5. The molecule has 3 heterocycles. The average Bonchev–Trinajstić information content (AvgIpc) is 3.10. The lowest BCUT2D eigenvalue weighted by Gasteiger charge is -2.35. The van der Waals surface area contributed by atoms with Crippen LogP contribution >= 0.6 is 22.9 Å². The molecule has 0 atom stereocenters. The molecule has 0 unspecified atom stereocenters. The summed E-state index contributed by atoms with van der Waals surface area (Å²) in [5.74, 6) is 0.855. The van der Waals surface area contributed by atoms with E-state index in [4.69, 9.17) is 11.6 Å². The van der Waals surface area contributed by atoms with Gasteiger partial charge in [-0.05, 0) is 43.1 Å². The normalized spacial score (nSPS) is 15.0. The number of carbonyl (C=O) groups excluding carboxylic acids is 1. The number of hydrogen-bond acceptors (Lipinski definition) is 6. The zero-order valence-electron chi connectivity index (χ0n) is 17.3. The Bertz CT molecular complexity index is 1050. The second kappa shape index (κ2) is 9.29. The molecule has 1 fully saturated rings. The molecule has 8 heteroatoms. The summed E-state index contributed by atoms with van der Waals surface area (Å²) in [6.45, 7) is 9.74. The van der Waals surface area contributed by atoms with Gasteiger partial charge >= 0.3 is 0 Å². The maximum absolute atomic E-state index is 12.9. The Hall–Kier alpha value is -2.22. The molecule has 1 saturated heterocycles. The molecular weight excluding hydrogens is 418 g/mol. The highest BCUT2D eigenvalue weighted by Gasteiger charge is 2.24. The largest absolute Gasteiger partial charge is 0.353 e. The van der Waals surface area contributed by atoms with Crippen molar-refractivity contribution in [3.8, 4) is 0 Å². The molecule has 0 radical (unpaired) electrons. The van der Waals surface area contributed by atoms with Crippen LogP contribution in [0.3, 0.4) is 0 Å². The first kappa shape index (κ1) is 21.0. The van der Waals surface area contributed by atoms with Gasteiger partial charge in [0.15, 0.2) is 0 Å². The van der Waals surface area contributed by atoms with Gasteiger partial charge in [-0.15, -0.1) is 11.3 Å². The molecule has 1 aliphatic rings. The number of carbonyl (C=O) groups is 1. The van der Waals surface area contributed by atoms with Gasteiger partial charge < -0.3 is 10.2 Å². The summed E-state index contributed by atoms with van der Waals surface area (Å²) in [4.78, 5) is 28.3. The number of benzene rings is 1. The van der Waals surface area contributed by atoms with Crippen LogP contribution in [0.4, 0.5) is 5.82 Å². The highest BCUT2D eigenvalue weighted by molar-refractivity contribution is 7.20. The van der Waals surface area contributed by atoms with Crippen molar-refractivity contribution in [1.29, 1.82) is 0 Å². The van der Waals surface area contributed by atoms with Crippen LogP contribution in [-0.4, -0.2) is 53.5 Å². The third kappa shape index (κ3) is 4.43. The Labute approximate surface area is 185 Å². The number of aromatic nitrogens is 2. The lowest BCUT2D eigenvalue weighted by molar-refractivity contribution is 0.0954. The molecule has 3 aromatic rings. The summed E-state index contributed by atoms with van der Waals surface area (Å²) in [7, 11) is 0.